The van der Waals surface area contributed by atoms with Crippen molar-refractivity contribution in [3.63, 3.8) is 0 Å². The summed E-state index contributed by atoms with van der Waals surface area (Å²) in [6.07, 6.45) is 2.39. The molecule has 1 saturated heterocycles. The maximum Gasteiger partial charge on any atom is 0.322 e. The van der Waals surface area contributed by atoms with Crippen LogP contribution >= 0.6 is 11.6 Å². The van der Waals surface area contributed by atoms with Crippen molar-refractivity contribution in [2.45, 2.75) is 19.8 Å². The van der Waals surface area contributed by atoms with Crippen molar-refractivity contribution >= 4 is 17.5 Å². The van der Waals surface area contributed by atoms with Crippen molar-refractivity contribution in [2.75, 3.05) is 38.6 Å². The molecule has 1 aromatic heterocycles. The Morgan fingerprint density at radius 1 is 1.32 bits per heavy atom. The van der Waals surface area contributed by atoms with Gasteiger partial charge in [0.05, 0.1) is 6.61 Å². The molecule has 1 aromatic rings. The molecule has 0 aromatic carbocycles. The molecule has 1 aliphatic heterocycles. The molecule has 1 N–H and O–H groups in total. The summed E-state index contributed by atoms with van der Waals surface area (Å²) in [4.78, 5) is 14.5. The average Bonchev–Trinajstić information content (AvgIpc) is 2.38. The lowest BCUT2D eigenvalue weighted by Gasteiger charge is -2.28. The van der Waals surface area contributed by atoms with Crippen LogP contribution in [-0.4, -0.2) is 53.1 Å². The summed E-state index contributed by atoms with van der Waals surface area (Å²) in [7, 11) is 2.16. The van der Waals surface area contributed by atoms with E-state index in [9.17, 15) is 0 Å². The van der Waals surface area contributed by atoms with Crippen LogP contribution in [0.15, 0.2) is 0 Å². The van der Waals surface area contributed by atoms with E-state index in [-0.39, 0.29) is 11.3 Å². The molecule has 0 saturated carbocycles. The summed E-state index contributed by atoms with van der Waals surface area (Å²) in [6.45, 7) is 5.54. The van der Waals surface area contributed by atoms with E-state index in [2.05, 4.69) is 32.2 Å². The number of halogens is 1. The number of ether oxygens (including phenoxy) is 1. The number of aromatic nitrogens is 3. The van der Waals surface area contributed by atoms with Gasteiger partial charge in [0.25, 0.3) is 0 Å². The molecule has 1 fully saturated rings. The predicted octanol–water partition coefficient (Wildman–Crippen LogP) is 1.68. The molecule has 0 aliphatic carbocycles. The second-order valence-electron chi connectivity index (χ2n) is 4.77. The van der Waals surface area contributed by atoms with E-state index >= 15 is 0 Å². The van der Waals surface area contributed by atoms with Crippen molar-refractivity contribution in [2.24, 2.45) is 5.92 Å². The standard InChI is InChI=1S/C12H20ClN5O/c1-3-19-12-16-10(13)15-11(17-12)14-8-9-4-6-18(2)7-5-9/h9H,3-8H2,1-2H3,(H,14,15,16,17). The summed E-state index contributed by atoms with van der Waals surface area (Å²) >= 11 is 5.84. The number of nitrogens with zero attached hydrogens (tertiary/aromatic N) is 4. The molecule has 19 heavy (non-hydrogen) atoms. The van der Waals surface area contributed by atoms with Gasteiger partial charge in [0, 0.05) is 6.54 Å². The first kappa shape index (κ1) is 14.3. The predicted molar refractivity (Wildman–Crippen MR) is 74.7 cm³/mol. The zero-order valence-electron chi connectivity index (χ0n) is 11.4. The van der Waals surface area contributed by atoms with E-state index in [0.717, 1.165) is 19.6 Å². The second-order valence-corrected chi connectivity index (χ2v) is 5.11. The molecule has 7 heteroatoms. The highest BCUT2D eigenvalue weighted by atomic mass is 35.5. The molecule has 0 radical (unpaired) electrons. The number of piperidine rings is 1. The summed E-state index contributed by atoms with van der Waals surface area (Å²) in [5.41, 5.74) is 0. The lowest BCUT2D eigenvalue weighted by atomic mass is 9.97. The third-order valence-electron chi connectivity index (χ3n) is 3.25. The molecule has 0 unspecified atom stereocenters. The van der Waals surface area contributed by atoms with E-state index in [4.69, 9.17) is 16.3 Å². The van der Waals surface area contributed by atoms with Gasteiger partial charge in [-0.15, -0.1) is 0 Å². The smallest absolute Gasteiger partial charge is 0.322 e. The Labute approximate surface area is 118 Å². The van der Waals surface area contributed by atoms with E-state index in [1.54, 1.807) is 0 Å². The Morgan fingerprint density at radius 2 is 2.05 bits per heavy atom. The second kappa shape index (κ2) is 6.86. The van der Waals surface area contributed by atoms with Crippen molar-refractivity contribution in [3.05, 3.63) is 5.28 Å². The van der Waals surface area contributed by atoms with Gasteiger partial charge in [0.15, 0.2) is 0 Å². The maximum atomic E-state index is 5.84. The van der Waals surface area contributed by atoms with E-state index in [1.165, 1.54) is 12.8 Å². The Bertz CT molecular complexity index is 409. The first-order valence-corrected chi connectivity index (χ1v) is 7.02. The molecule has 2 heterocycles. The molecule has 2 rings (SSSR count). The highest BCUT2D eigenvalue weighted by Gasteiger charge is 2.17. The topological polar surface area (TPSA) is 63.2 Å². The zero-order valence-corrected chi connectivity index (χ0v) is 12.2. The van der Waals surface area contributed by atoms with Gasteiger partial charge in [0.1, 0.15) is 0 Å². The van der Waals surface area contributed by atoms with Gasteiger partial charge in [-0.05, 0) is 57.4 Å². The minimum atomic E-state index is 0.157. The van der Waals surface area contributed by atoms with Gasteiger partial charge in [0.2, 0.25) is 11.2 Å². The van der Waals surface area contributed by atoms with Crippen LogP contribution in [-0.2, 0) is 0 Å². The number of hydrogen-bond acceptors (Lipinski definition) is 6. The minimum Gasteiger partial charge on any atom is -0.464 e. The Balaban J connectivity index is 1.88. The highest BCUT2D eigenvalue weighted by molar-refractivity contribution is 6.28. The maximum absolute atomic E-state index is 5.84. The molecule has 1 aliphatic rings. The van der Waals surface area contributed by atoms with E-state index in [0.29, 0.717) is 18.5 Å². The third-order valence-corrected chi connectivity index (χ3v) is 3.42. The van der Waals surface area contributed by atoms with Crippen LogP contribution in [0, 0.1) is 5.92 Å². The number of likely N-dealkylation sites (tertiary alicyclic amines) is 1. The number of rotatable bonds is 5. The fourth-order valence-electron chi connectivity index (χ4n) is 2.11. The lowest BCUT2D eigenvalue weighted by molar-refractivity contribution is 0.226. The average molecular weight is 286 g/mol. The Hall–Kier alpha value is -1.14. The lowest BCUT2D eigenvalue weighted by Crippen LogP contribution is -2.33. The minimum absolute atomic E-state index is 0.157. The van der Waals surface area contributed by atoms with Gasteiger partial charge in [-0.25, -0.2) is 0 Å². The normalized spacial score (nSPS) is 17.4. The van der Waals surface area contributed by atoms with Crippen LogP contribution < -0.4 is 10.1 Å². The van der Waals surface area contributed by atoms with Crippen molar-refractivity contribution < 1.29 is 4.74 Å². The molecular formula is C12H20ClN5O. The van der Waals surface area contributed by atoms with Gasteiger partial charge in [-0.1, -0.05) is 0 Å². The highest BCUT2D eigenvalue weighted by Crippen LogP contribution is 2.17. The van der Waals surface area contributed by atoms with E-state index in [1.807, 2.05) is 6.92 Å². The molecular weight excluding hydrogens is 266 g/mol. The molecule has 0 bridgehead atoms. The van der Waals surface area contributed by atoms with Crippen LogP contribution in [0.5, 0.6) is 6.01 Å². The van der Waals surface area contributed by atoms with Gasteiger partial charge in [-0.2, -0.15) is 15.0 Å². The fourth-order valence-corrected chi connectivity index (χ4v) is 2.26. The van der Waals surface area contributed by atoms with Crippen LogP contribution in [0.25, 0.3) is 0 Å². The molecule has 0 amide bonds. The van der Waals surface area contributed by atoms with Gasteiger partial charge < -0.3 is 15.0 Å². The SMILES string of the molecule is CCOc1nc(Cl)nc(NCC2CCN(C)CC2)n1. The zero-order chi connectivity index (χ0) is 13.7. The Kier molecular flexibility index (Phi) is 5.15. The quantitative estimate of drug-likeness (QED) is 0.888. The summed E-state index contributed by atoms with van der Waals surface area (Å²) in [6, 6.07) is 0.272. The van der Waals surface area contributed by atoms with Crippen LogP contribution in [0.3, 0.4) is 0 Å². The summed E-state index contributed by atoms with van der Waals surface area (Å²) in [5, 5.41) is 3.38. The number of anilines is 1. The van der Waals surface area contributed by atoms with E-state index < -0.39 is 0 Å². The van der Waals surface area contributed by atoms with Gasteiger partial charge in [-0.3, -0.25) is 0 Å². The summed E-state index contributed by atoms with van der Waals surface area (Å²) in [5.74, 6) is 1.14. The van der Waals surface area contributed by atoms with Crippen molar-refractivity contribution in [3.8, 4) is 6.01 Å². The largest absolute Gasteiger partial charge is 0.464 e. The molecule has 6 nitrogen and oxygen atoms in total. The fraction of sp³-hybridized carbons (Fsp3) is 0.750. The number of hydrogen-bond donors (Lipinski definition) is 1. The van der Waals surface area contributed by atoms with Crippen molar-refractivity contribution in [1.82, 2.24) is 19.9 Å². The first-order valence-electron chi connectivity index (χ1n) is 6.64. The Morgan fingerprint density at radius 3 is 2.74 bits per heavy atom. The molecule has 106 valence electrons. The van der Waals surface area contributed by atoms with Crippen LogP contribution in [0.1, 0.15) is 19.8 Å². The van der Waals surface area contributed by atoms with Crippen molar-refractivity contribution in [1.29, 1.82) is 0 Å². The van der Waals surface area contributed by atoms with Crippen LogP contribution in [0.2, 0.25) is 5.28 Å². The molecule has 0 atom stereocenters. The summed E-state index contributed by atoms with van der Waals surface area (Å²) < 4.78 is 5.24. The van der Waals surface area contributed by atoms with Crippen LogP contribution in [0.4, 0.5) is 5.95 Å². The number of nitrogens with one attached hydrogen (secondary N) is 1. The first-order chi connectivity index (χ1) is 9.17. The third kappa shape index (κ3) is 4.47. The van der Waals surface area contributed by atoms with Gasteiger partial charge >= 0.3 is 6.01 Å². The molecule has 0 spiro atoms. The monoisotopic (exact) mass is 285 g/mol.